The Kier molecular flexibility index (Phi) is 8.08. The van der Waals surface area contributed by atoms with E-state index in [1.807, 2.05) is 11.0 Å². The van der Waals surface area contributed by atoms with Crippen molar-refractivity contribution in [2.75, 3.05) is 50.8 Å². The van der Waals surface area contributed by atoms with Crippen LogP contribution in [0.3, 0.4) is 0 Å². The van der Waals surface area contributed by atoms with Gasteiger partial charge in [-0.15, -0.1) is 0 Å². The number of piperazine rings is 1. The lowest BCUT2D eigenvalue weighted by atomic mass is 9.90. The molecule has 8 nitrogen and oxygen atoms in total. The number of ether oxygens (including phenoxy) is 1. The van der Waals surface area contributed by atoms with Crippen LogP contribution in [-0.2, 0) is 14.9 Å². The van der Waals surface area contributed by atoms with E-state index in [9.17, 15) is 14.3 Å². The average Bonchev–Trinajstić information content (AvgIpc) is 3.17. The van der Waals surface area contributed by atoms with Gasteiger partial charge < -0.3 is 20.1 Å². The summed E-state index contributed by atoms with van der Waals surface area (Å²) in [7, 11) is 0. The molecule has 0 radical (unpaired) electrons. The molecule has 2 N–H and O–H groups in total. The second-order valence-corrected chi connectivity index (χ2v) is 12.3. The number of aliphatic hydroxyl groups excluding tert-OH is 1. The van der Waals surface area contributed by atoms with Gasteiger partial charge in [-0.3, -0.25) is 19.6 Å². The topological polar surface area (TPSA) is 81.2 Å². The number of carbonyl (C=O) groups is 1. The third-order valence-corrected chi connectivity index (χ3v) is 8.51. The van der Waals surface area contributed by atoms with Crippen LogP contribution >= 0.6 is 0 Å². The van der Waals surface area contributed by atoms with Crippen LogP contribution in [0.4, 0.5) is 10.1 Å². The molecule has 5 atom stereocenters. The smallest absolute Gasteiger partial charge is 0.241 e. The fourth-order valence-electron chi connectivity index (χ4n) is 6.26. The zero-order valence-corrected chi connectivity index (χ0v) is 23.7. The van der Waals surface area contributed by atoms with Crippen molar-refractivity contribution in [1.82, 2.24) is 20.1 Å². The van der Waals surface area contributed by atoms with Gasteiger partial charge in [0.15, 0.2) is 0 Å². The lowest BCUT2D eigenvalue weighted by Gasteiger charge is -2.46. The van der Waals surface area contributed by atoms with Crippen LogP contribution in [0.25, 0.3) is 0 Å². The minimum atomic E-state index is -0.958. The third kappa shape index (κ3) is 5.88. The molecule has 2 aromatic rings. The number of hydrogen-bond donors (Lipinski definition) is 2. The number of hydrogen-bond acceptors (Lipinski definition) is 7. The highest BCUT2D eigenvalue weighted by Gasteiger charge is 2.41. The maximum absolute atomic E-state index is 13.9. The van der Waals surface area contributed by atoms with Crippen LogP contribution in [-0.4, -0.2) is 95.9 Å². The number of fused-ring (bicyclic) bond motifs is 1. The maximum Gasteiger partial charge on any atom is 0.241 e. The van der Waals surface area contributed by atoms with Gasteiger partial charge in [-0.1, -0.05) is 26.0 Å². The van der Waals surface area contributed by atoms with Gasteiger partial charge in [-0.05, 0) is 44.5 Å². The summed E-state index contributed by atoms with van der Waals surface area (Å²) >= 11 is 0. The summed E-state index contributed by atoms with van der Waals surface area (Å²) < 4.78 is 19.1. The lowest BCUT2D eigenvalue weighted by molar-refractivity contribution is -0.121. The molecule has 1 aromatic heterocycles. The van der Waals surface area contributed by atoms with Gasteiger partial charge in [0.2, 0.25) is 5.91 Å². The van der Waals surface area contributed by atoms with Crippen molar-refractivity contribution in [3.8, 4) is 0 Å². The Labute approximate surface area is 231 Å². The number of anilines is 1. The number of rotatable bonds is 6. The minimum absolute atomic E-state index is 0.0409. The number of benzene rings is 1. The fraction of sp³-hybridized carbons (Fsp3) is 0.600. The molecule has 3 aliphatic rings. The van der Waals surface area contributed by atoms with E-state index in [4.69, 9.17) is 9.72 Å². The summed E-state index contributed by atoms with van der Waals surface area (Å²) in [5.74, 6) is -0.311. The van der Waals surface area contributed by atoms with Crippen LogP contribution < -0.4 is 10.2 Å². The molecule has 4 heterocycles. The summed E-state index contributed by atoms with van der Waals surface area (Å²) in [6, 6.07) is 8.89. The van der Waals surface area contributed by atoms with Crippen LogP contribution in [0.1, 0.15) is 57.5 Å². The molecule has 5 rings (SSSR count). The van der Waals surface area contributed by atoms with Gasteiger partial charge in [0.25, 0.3) is 0 Å². The summed E-state index contributed by atoms with van der Waals surface area (Å²) in [4.78, 5) is 25.3. The summed E-state index contributed by atoms with van der Waals surface area (Å²) in [5.41, 5.74) is 2.46. The Morgan fingerprint density at radius 3 is 2.56 bits per heavy atom. The van der Waals surface area contributed by atoms with E-state index in [0.29, 0.717) is 42.3 Å². The van der Waals surface area contributed by atoms with Crippen LogP contribution in [0, 0.1) is 5.82 Å². The number of halogens is 1. The maximum atomic E-state index is 13.9. The fourth-order valence-corrected chi connectivity index (χ4v) is 6.26. The largest absolute Gasteiger partial charge is 0.384 e. The van der Waals surface area contributed by atoms with Crippen molar-refractivity contribution in [2.45, 2.75) is 70.3 Å². The first-order valence-electron chi connectivity index (χ1n) is 14.1. The number of amides is 1. The predicted octanol–water partition coefficient (Wildman–Crippen LogP) is 2.70. The van der Waals surface area contributed by atoms with Crippen LogP contribution in [0.5, 0.6) is 0 Å². The number of morpholine rings is 1. The van der Waals surface area contributed by atoms with Gasteiger partial charge in [0.1, 0.15) is 11.9 Å². The highest BCUT2D eigenvalue weighted by atomic mass is 19.1. The van der Waals surface area contributed by atoms with Gasteiger partial charge >= 0.3 is 0 Å². The molecule has 2 fully saturated rings. The Balaban J connectivity index is 1.36. The molecule has 2 saturated heterocycles. The number of nitrogens with one attached hydrogen (secondary N) is 1. The first-order chi connectivity index (χ1) is 18.5. The Bertz CT molecular complexity index is 1170. The molecule has 212 valence electrons. The van der Waals surface area contributed by atoms with E-state index in [2.05, 4.69) is 49.7 Å². The van der Waals surface area contributed by atoms with E-state index in [0.717, 1.165) is 44.2 Å². The van der Waals surface area contributed by atoms with E-state index in [-0.39, 0.29) is 23.2 Å². The Hall–Kier alpha value is -2.43. The Morgan fingerprint density at radius 2 is 1.87 bits per heavy atom. The minimum Gasteiger partial charge on any atom is -0.384 e. The molecular weight excluding hydrogens is 497 g/mol. The quantitative estimate of drug-likeness (QED) is 0.584. The normalized spacial score (nSPS) is 28.3. The number of aromatic nitrogens is 1. The highest BCUT2D eigenvalue weighted by Crippen LogP contribution is 2.41. The molecule has 1 amide bonds. The summed E-state index contributed by atoms with van der Waals surface area (Å²) in [6.45, 7) is 15.6. The SMILES string of the molecule is C[C@@H]1CN(CC(=O)N2CC(C)(C)c3ncc([C@@H](O)c4ccc(F)cc4)cc32)[C@@H](CN2[C@H](C)COC[C@H]2C)CN1. The number of pyridine rings is 1. The highest BCUT2D eigenvalue weighted by molar-refractivity contribution is 5.97. The van der Waals surface area contributed by atoms with Crippen LogP contribution in [0.2, 0.25) is 0 Å². The molecule has 9 heteroatoms. The number of nitrogens with zero attached hydrogens (tertiary/aromatic N) is 4. The molecular formula is C30H42FN5O3. The second kappa shape index (κ2) is 11.2. The number of aliphatic hydroxyl groups is 1. The van der Waals surface area contributed by atoms with Crippen molar-refractivity contribution < 1.29 is 19.0 Å². The molecule has 0 saturated carbocycles. The zero-order chi connectivity index (χ0) is 27.9. The second-order valence-electron chi connectivity index (χ2n) is 12.3. The van der Waals surface area contributed by atoms with Crippen molar-refractivity contribution in [3.63, 3.8) is 0 Å². The standard InChI is InChI=1S/C30H42FN5O3/c1-19-13-34(25(12-32-19)14-35-20(2)16-39-17-21(35)3)15-27(37)36-18-30(4,5)29-26(36)10-23(11-33-29)28(38)22-6-8-24(31)9-7-22/h6-11,19-21,25,28,32,38H,12-18H2,1-5H3/t19-,20-,21-,25-,28+/m1/s1. The van der Waals surface area contributed by atoms with Gasteiger partial charge in [-0.2, -0.15) is 0 Å². The molecule has 0 spiro atoms. The lowest BCUT2D eigenvalue weighted by Crippen LogP contribution is -2.63. The third-order valence-electron chi connectivity index (χ3n) is 8.51. The van der Waals surface area contributed by atoms with Crippen LogP contribution in [0.15, 0.2) is 36.5 Å². The molecule has 0 unspecified atom stereocenters. The van der Waals surface area contributed by atoms with E-state index >= 15 is 0 Å². The van der Waals surface area contributed by atoms with Crippen molar-refractivity contribution in [3.05, 3.63) is 59.2 Å². The summed E-state index contributed by atoms with van der Waals surface area (Å²) in [5, 5.41) is 14.6. The summed E-state index contributed by atoms with van der Waals surface area (Å²) in [6.07, 6.45) is 0.710. The van der Waals surface area contributed by atoms with Crippen molar-refractivity contribution in [1.29, 1.82) is 0 Å². The molecule has 0 aliphatic carbocycles. The number of carbonyl (C=O) groups excluding carboxylic acids is 1. The monoisotopic (exact) mass is 539 g/mol. The molecule has 3 aliphatic heterocycles. The first kappa shape index (κ1) is 28.1. The van der Waals surface area contributed by atoms with Gasteiger partial charge in [0.05, 0.1) is 31.1 Å². The van der Waals surface area contributed by atoms with E-state index < -0.39 is 6.10 Å². The molecule has 1 aromatic carbocycles. The molecule has 0 bridgehead atoms. The Morgan fingerprint density at radius 1 is 1.18 bits per heavy atom. The first-order valence-corrected chi connectivity index (χ1v) is 14.1. The van der Waals surface area contributed by atoms with Gasteiger partial charge in [0, 0.05) is 67.5 Å². The molecule has 39 heavy (non-hydrogen) atoms. The average molecular weight is 540 g/mol. The van der Waals surface area contributed by atoms with Crippen molar-refractivity contribution >= 4 is 11.6 Å². The van der Waals surface area contributed by atoms with Crippen molar-refractivity contribution in [2.24, 2.45) is 0 Å². The van der Waals surface area contributed by atoms with Gasteiger partial charge in [-0.25, -0.2) is 4.39 Å². The predicted molar refractivity (Wildman–Crippen MR) is 149 cm³/mol. The van der Waals surface area contributed by atoms with E-state index in [1.54, 1.807) is 18.3 Å². The van der Waals surface area contributed by atoms with E-state index in [1.165, 1.54) is 12.1 Å². The zero-order valence-electron chi connectivity index (χ0n) is 23.7.